The molecule has 0 saturated carbocycles. The summed E-state index contributed by atoms with van der Waals surface area (Å²) >= 11 is 6.16. The van der Waals surface area contributed by atoms with Gasteiger partial charge in [-0.15, -0.1) is 0 Å². The number of aryl methyl sites for hydroxylation is 1. The van der Waals surface area contributed by atoms with E-state index in [-0.39, 0.29) is 18.1 Å². The van der Waals surface area contributed by atoms with Gasteiger partial charge in [0.2, 0.25) is 5.78 Å². The molecule has 1 atom stereocenters. The van der Waals surface area contributed by atoms with Crippen LogP contribution in [0.25, 0.3) is 6.08 Å². The van der Waals surface area contributed by atoms with Gasteiger partial charge in [0.25, 0.3) is 0 Å². The molecule has 1 unspecified atom stereocenters. The molecule has 0 fully saturated rings. The number of ketones is 1. The molecule has 0 aromatic heterocycles. The van der Waals surface area contributed by atoms with Crippen LogP contribution in [0.5, 0.6) is 11.5 Å². The Labute approximate surface area is 162 Å². The Hall–Kier alpha value is -2.79. The molecule has 5 nitrogen and oxygen atoms in total. The lowest BCUT2D eigenvalue weighted by atomic mass is 10.0. The molecule has 0 bridgehead atoms. The van der Waals surface area contributed by atoms with Crippen LogP contribution in [0.1, 0.15) is 35.3 Å². The average Bonchev–Trinajstić information content (AvgIpc) is 2.93. The van der Waals surface area contributed by atoms with Crippen LogP contribution in [-0.4, -0.2) is 24.5 Å². The highest BCUT2D eigenvalue weighted by Crippen LogP contribution is 2.38. The van der Waals surface area contributed by atoms with E-state index in [2.05, 4.69) is 0 Å². The minimum Gasteiger partial charge on any atom is -0.479 e. The number of rotatable bonds is 5. The number of benzene rings is 2. The highest BCUT2D eigenvalue weighted by Gasteiger charge is 2.30. The third-order valence-electron chi connectivity index (χ3n) is 4.07. The summed E-state index contributed by atoms with van der Waals surface area (Å²) in [4.78, 5) is 24.5. The van der Waals surface area contributed by atoms with E-state index < -0.39 is 12.1 Å². The van der Waals surface area contributed by atoms with Crippen molar-refractivity contribution >= 4 is 29.4 Å². The second-order valence-corrected chi connectivity index (χ2v) is 6.49. The van der Waals surface area contributed by atoms with Crippen molar-refractivity contribution < 1.29 is 23.8 Å². The predicted molar refractivity (Wildman–Crippen MR) is 102 cm³/mol. The van der Waals surface area contributed by atoms with Crippen LogP contribution in [0.2, 0.25) is 5.02 Å². The molecule has 0 radical (unpaired) electrons. The fourth-order valence-corrected chi connectivity index (χ4v) is 2.98. The third kappa shape index (κ3) is 3.98. The highest BCUT2D eigenvalue weighted by atomic mass is 35.5. The number of esters is 1. The molecule has 0 N–H and O–H groups in total. The van der Waals surface area contributed by atoms with Gasteiger partial charge in [-0.25, -0.2) is 4.79 Å². The predicted octanol–water partition coefficient (Wildman–Crippen LogP) is 4.60. The summed E-state index contributed by atoms with van der Waals surface area (Å²) in [6.45, 7) is 5.41. The molecule has 1 heterocycles. The SMILES string of the molecule is CCOC(=O)C(C)Oc1cc(C)c2c(c1)O/C(=C\c1ccccc1Cl)C2=O. The summed E-state index contributed by atoms with van der Waals surface area (Å²) in [5.41, 5.74) is 1.87. The summed E-state index contributed by atoms with van der Waals surface area (Å²) < 4.78 is 16.3. The molecule has 2 aromatic rings. The van der Waals surface area contributed by atoms with Crippen LogP contribution in [0.15, 0.2) is 42.2 Å². The first-order chi connectivity index (χ1) is 12.9. The van der Waals surface area contributed by atoms with Crippen molar-refractivity contribution in [1.29, 1.82) is 0 Å². The third-order valence-corrected chi connectivity index (χ3v) is 4.41. The second kappa shape index (κ2) is 7.84. The lowest BCUT2D eigenvalue weighted by molar-refractivity contribution is -0.150. The number of allylic oxidation sites excluding steroid dienone is 1. The van der Waals surface area contributed by atoms with Crippen molar-refractivity contribution in [3.8, 4) is 11.5 Å². The van der Waals surface area contributed by atoms with Crippen LogP contribution in [0, 0.1) is 6.92 Å². The number of fused-ring (bicyclic) bond motifs is 1. The zero-order valence-electron chi connectivity index (χ0n) is 15.2. The van der Waals surface area contributed by atoms with E-state index >= 15 is 0 Å². The normalized spacial score (nSPS) is 15.3. The number of halogens is 1. The maximum absolute atomic E-state index is 12.7. The average molecular weight is 387 g/mol. The van der Waals surface area contributed by atoms with Crippen molar-refractivity contribution in [2.45, 2.75) is 26.9 Å². The van der Waals surface area contributed by atoms with Crippen LogP contribution < -0.4 is 9.47 Å². The smallest absolute Gasteiger partial charge is 0.347 e. The number of carbonyl (C=O) groups is 2. The summed E-state index contributed by atoms with van der Waals surface area (Å²) in [6, 6.07) is 10.5. The van der Waals surface area contributed by atoms with E-state index in [1.165, 1.54) is 0 Å². The van der Waals surface area contributed by atoms with Crippen LogP contribution in [0.4, 0.5) is 0 Å². The molecule has 0 amide bonds. The number of hydrogen-bond acceptors (Lipinski definition) is 5. The summed E-state index contributed by atoms with van der Waals surface area (Å²) in [5, 5.41) is 0.529. The van der Waals surface area contributed by atoms with Gasteiger partial charge >= 0.3 is 5.97 Å². The molecular weight excluding hydrogens is 368 g/mol. The summed E-state index contributed by atoms with van der Waals surface area (Å²) in [6.07, 6.45) is 0.851. The van der Waals surface area contributed by atoms with Crippen molar-refractivity contribution in [2.75, 3.05) is 6.61 Å². The monoisotopic (exact) mass is 386 g/mol. The molecular formula is C21H19ClO5. The summed E-state index contributed by atoms with van der Waals surface area (Å²) in [5.74, 6) is 0.346. The Morgan fingerprint density at radius 3 is 2.74 bits per heavy atom. The minimum atomic E-state index is -0.766. The van der Waals surface area contributed by atoms with E-state index in [4.69, 9.17) is 25.8 Å². The maximum atomic E-state index is 12.7. The number of ether oxygens (including phenoxy) is 3. The molecule has 0 spiro atoms. The molecule has 3 rings (SSSR count). The Morgan fingerprint density at radius 2 is 2.04 bits per heavy atom. The minimum absolute atomic E-state index is 0.191. The first-order valence-electron chi connectivity index (χ1n) is 8.57. The zero-order valence-corrected chi connectivity index (χ0v) is 16.0. The fourth-order valence-electron chi connectivity index (χ4n) is 2.79. The second-order valence-electron chi connectivity index (χ2n) is 6.09. The van der Waals surface area contributed by atoms with Crippen molar-refractivity contribution in [1.82, 2.24) is 0 Å². The van der Waals surface area contributed by atoms with E-state index in [1.807, 2.05) is 12.1 Å². The molecule has 6 heteroatoms. The van der Waals surface area contributed by atoms with Gasteiger partial charge in [0.15, 0.2) is 11.9 Å². The highest BCUT2D eigenvalue weighted by molar-refractivity contribution is 6.32. The summed E-state index contributed by atoms with van der Waals surface area (Å²) in [7, 11) is 0. The molecule has 1 aliphatic heterocycles. The lowest BCUT2D eigenvalue weighted by Gasteiger charge is -2.14. The Bertz CT molecular complexity index is 932. The Morgan fingerprint density at radius 1 is 1.30 bits per heavy atom. The maximum Gasteiger partial charge on any atom is 0.347 e. The number of Topliss-reactive ketones (excluding diaryl/α,β-unsaturated/α-hetero) is 1. The van der Waals surface area contributed by atoms with E-state index in [0.717, 1.165) is 0 Å². The van der Waals surface area contributed by atoms with Crippen LogP contribution in [-0.2, 0) is 9.53 Å². The first kappa shape index (κ1) is 19.0. The van der Waals surface area contributed by atoms with E-state index in [0.29, 0.717) is 33.2 Å². The number of carbonyl (C=O) groups excluding carboxylic acids is 2. The largest absolute Gasteiger partial charge is 0.479 e. The standard InChI is InChI=1S/C21H19ClO5/c1-4-25-21(24)13(3)26-15-9-12(2)19-17(11-15)27-18(20(19)23)10-14-7-5-6-8-16(14)22/h5-11,13H,4H2,1-3H3/b18-10-. The van der Waals surface area contributed by atoms with Gasteiger partial charge in [-0.2, -0.15) is 0 Å². The molecule has 0 saturated heterocycles. The topological polar surface area (TPSA) is 61.8 Å². The molecule has 27 heavy (non-hydrogen) atoms. The molecule has 140 valence electrons. The molecule has 1 aliphatic rings. The fraction of sp³-hybridized carbons (Fsp3) is 0.238. The van der Waals surface area contributed by atoms with Crippen LogP contribution in [0.3, 0.4) is 0 Å². The van der Waals surface area contributed by atoms with Crippen LogP contribution >= 0.6 is 11.6 Å². The lowest BCUT2D eigenvalue weighted by Crippen LogP contribution is -2.26. The van der Waals surface area contributed by atoms with E-state index in [9.17, 15) is 9.59 Å². The molecule has 0 aliphatic carbocycles. The Balaban J connectivity index is 1.87. The van der Waals surface area contributed by atoms with Crippen molar-refractivity contribution in [3.05, 3.63) is 63.9 Å². The quantitative estimate of drug-likeness (QED) is 0.555. The van der Waals surface area contributed by atoms with Crippen molar-refractivity contribution in [2.24, 2.45) is 0 Å². The Kier molecular flexibility index (Phi) is 5.51. The van der Waals surface area contributed by atoms with Gasteiger partial charge < -0.3 is 14.2 Å². The van der Waals surface area contributed by atoms with Crippen molar-refractivity contribution in [3.63, 3.8) is 0 Å². The molecule has 2 aromatic carbocycles. The van der Waals surface area contributed by atoms with Gasteiger partial charge in [0.05, 0.1) is 12.2 Å². The zero-order chi connectivity index (χ0) is 19.6. The number of hydrogen-bond donors (Lipinski definition) is 0. The van der Waals surface area contributed by atoms with Gasteiger partial charge in [0.1, 0.15) is 11.5 Å². The first-order valence-corrected chi connectivity index (χ1v) is 8.95. The van der Waals surface area contributed by atoms with Gasteiger partial charge in [-0.1, -0.05) is 29.8 Å². The van der Waals surface area contributed by atoms with Gasteiger partial charge in [-0.05, 0) is 50.1 Å². The van der Waals surface area contributed by atoms with Gasteiger partial charge in [-0.3, -0.25) is 4.79 Å². The van der Waals surface area contributed by atoms with Gasteiger partial charge in [0, 0.05) is 11.1 Å². The van der Waals surface area contributed by atoms with E-state index in [1.54, 1.807) is 51.1 Å².